The van der Waals surface area contributed by atoms with E-state index in [9.17, 15) is 4.79 Å². The van der Waals surface area contributed by atoms with E-state index in [4.69, 9.17) is 5.11 Å². The van der Waals surface area contributed by atoms with E-state index in [1.807, 2.05) is 30.3 Å². The molecule has 17 heavy (non-hydrogen) atoms. The van der Waals surface area contributed by atoms with Crippen molar-refractivity contribution in [1.29, 1.82) is 0 Å². The van der Waals surface area contributed by atoms with Gasteiger partial charge in [0.25, 0.3) is 0 Å². The van der Waals surface area contributed by atoms with Crippen molar-refractivity contribution >= 4 is 5.78 Å². The van der Waals surface area contributed by atoms with E-state index in [-0.39, 0.29) is 11.5 Å². The average Bonchev–Trinajstić information content (AvgIpc) is 2.33. The largest absolute Gasteiger partial charge is 0.508 e. The highest BCUT2D eigenvalue weighted by Crippen LogP contribution is 2.11. The van der Waals surface area contributed by atoms with Crippen molar-refractivity contribution < 1.29 is 9.90 Å². The van der Waals surface area contributed by atoms with Crippen molar-refractivity contribution in [2.45, 2.75) is 12.8 Å². The third kappa shape index (κ3) is 3.45. The van der Waals surface area contributed by atoms with Gasteiger partial charge in [-0.3, -0.25) is 4.79 Å². The van der Waals surface area contributed by atoms with Crippen molar-refractivity contribution in [2.75, 3.05) is 0 Å². The van der Waals surface area contributed by atoms with Gasteiger partial charge in [-0.15, -0.1) is 0 Å². The molecule has 2 aromatic carbocycles. The summed E-state index contributed by atoms with van der Waals surface area (Å²) >= 11 is 0. The summed E-state index contributed by atoms with van der Waals surface area (Å²) in [7, 11) is 0. The zero-order valence-corrected chi connectivity index (χ0v) is 9.47. The summed E-state index contributed by atoms with van der Waals surface area (Å²) in [6.07, 6.45) is 0.872. The highest BCUT2D eigenvalue weighted by Gasteiger charge is 2.04. The van der Waals surface area contributed by atoms with Crippen LogP contribution in [0.3, 0.4) is 0 Å². The Morgan fingerprint density at radius 2 is 1.35 bits per heavy atom. The maximum Gasteiger partial charge on any atom is 0.141 e. The molecule has 2 rings (SSSR count). The van der Waals surface area contributed by atoms with E-state index in [2.05, 4.69) is 0 Å². The molecule has 0 aliphatic rings. The Hall–Kier alpha value is -2.09. The average molecular weight is 226 g/mol. The van der Waals surface area contributed by atoms with Crippen LogP contribution in [0.1, 0.15) is 11.1 Å². The Kier molecular flexibility index (Phi) is 3.55. The van der Waals surface area contributed by atoms with E-state index in [1.54, 1.807) is 24.3 Å². The molecule has 86 valence electrons. The highest BCUT2D eigenvalue weighted by atomic mass is 16.3. The van der Waals surface area contributed by atoms with Gasteiger partial charge in [0.1, 0.15) is 11.5 Å². The molecule has 0 aliphatic heterocycles. The van der Waals surface area contributed by atoms with E-state index in [0.29, 0.717) is 12.8 Å². The molecule has 2 heteroatoms. The third-order valence-electron chi connectivity index (χ3n) is 2.58. The van der Waals surface area contributed by atoms with Gasteiger partial charge in [-0.1, -0.05) is 42.5 Å². The predicted octanol–water partition coefficient (Wildman–Crippen LogP) is 2.75. The molecule has 0 fully saturated rings. The molecule has 0 heterocycles. The summed E-state index contributed by atoms with van der Waals surface area (Å²) in [5.74, 6) is 0.408. The van der Waals surface area contributed by atoms with Gasteiger partial charge < -0.3 is 5.11 Å². The number of phenolic OH excluding ortho intramolecular Hbond substituents is 1. The monoisotopic (exact) mass is 226 g/mol. The maximum atomic E-state index is 11.8. The number of benzene rings is 2. The molecule has 0 aliphatic carbocycles. The quantitative estimate of drug-likeness (QED) is 0.870. The molecule has 0 bridgehead atoms. The van der Waals surface area contributed by atoms with Crippen molar-refractivity contribution in [1.82, 2.24) is 0 Å². The van der Waals surface area contributed by atoms with Crippen LogP contribution in [0.5, 0.6) is 5.75 Å². The number of rotatable bonds is 4. The summed E-state index contributed by atoms with van der Waals surface area (Å²) in [5.41, 5.74) is 1.97. The zero-order valence-electron chi connectivity index (χ0n) is 9.47. The molecule has 0 saturated heterocycles. The lowest BCUT2D eigenvalue weighted by Crippen LogP contribution is -2.06. The first-order valence-electron chi connectivity index (χ1n) is 5.57. The van der Waals surface area contributed by atoms with Crippen LogP contribution in [0, 0.1) is 0 Å². The Balaban J connectivity index is 1.96. The van der Waals surface area contributed by atoms with E-state index in [1.165, 1.54) is 0 Å². The molecule has 1 N–H and O–H groups in total. The first kappa shape index (κ1) is 11.4. The summed E-state index contributed by atoms with van der Waals surface area (Å²) in [6.45, 7) is 0. The molecule has 0 saturated carbocycles. The second kappa shape index (κ2) is 5.30. The van der Waals surface area contributed by atoms with E-state index in [0.717, 1.165) is 11.1 Å². The lowest BCUT2D eigenvalue weighted by atomic mass is 10.0. The summed E-state index contributed by atoms with van der Waals surface area (Å²) in [4.78, 5) is 11.8. The molecule has 0 unspecified atom stereocenters. The molecule has 0 radical (unpaired) electrons. The van der Waals surface area contributed by atoms with Crippen LogP contribution in [0.15, 0.2) is 54.6 Å². The maximum absolute atomic E-state index is 11.8. The Morgan fingerprint density at radius 1 is 0.824 bits per heavy atom. The van der Waals surface area contributed by atoms with Gasteiger partial charge in [-0.2, -0.15) is 0 Å². The number of Topliss-reactive ketones (excluding diaryl/α,β-unsaturated/α-hetero) is 1. The molecule has 2 aromatic rings. The molecule has 2 nitrogen and oxygen atoms in total. The van der Waals surface area contributed by atoms with Crippen LogP contribution >= 0.6 is 0 Å². The summed E-state index contributed by atoms with van der Waals surface area (Å²) in [5, 5.41) is 9.14. The van der Waals surface area contributed by atoms with Crippen molar-refractivity contribution in [2.24, 2.45) is 0 Å². The van der Waals surface area contributed by atoms with Crippen LogP contribution in [-0.2, 0) is 17.6 Å². The number of hydrogen-bond acceptors (Lipinski definition) is 2. The van der Waals surface area contributed by atoms with Crippen molar-refractivity contribution in [3.05, 3.63) is 65.7 Å². The minimum atomic E-state index is 0.182. The number of carbonyl (C=O) groups excluding carboxylic acids is 1. The number of hydrogen-bond donors (Lipinski definition) is 1. The van der Waals surface area contributed by atoms with E-state index < -0.39 is 0 Å². The Labute approximate surface area is 101 Å². The first-order valence-corrected chi connectivity index (χ1v) is 5.57. The minimum absolute atomic E-state index is 0.182. The van der Waals surface area contributed by atoms with Crippen LogP contribution in [-0.4, -0.2) is 10.9 Å². The molecular weight excluding hydrogens is 212 g/mol. The SMILES string of the molecule is O=C(Cc1ccccc1)Cc1ccc(O)cc1. The molecule has 0 spiro atoms. The minimum Gasteiger partial charge on any atom is -0.508 e. The fraction of sp³-hybridized carbons (Fsp3) is 0.133. The fourth-order valence-electron chi connectivity index (χ4n) is 1.73. The van der Waals surface area contributed by atoms with E-state index >= 15 is 0 Å². The summed E-state index contributed by atoms with van der Waals surface area (Å²) in [6, 6.07) is 16.5. The van der Waals surface area contributed by atoms with Gasteiger partial charge in [0, 0.05) is 12.8 Å². The first-order chi connectivity index (χ1) is 8.24. The molecular formula is C15H14O2. The number of phenols is 1. The second-order valence-corrected chi connectivity index (χ2v) is 4.04. The number of carbonyl (C=O) groups is 1. The van der Waals surface area contributed by atoms with Crippen LogP contribution in [0.2, 0.25) is 0 Å². The Bertz CT molecular complexity index is 486. The molecule has 0 aromatic heterocycles. The van der Waals surface area contributed by atoms with Crippen LogP contribution in [0.25, 0.3) is 0 Å². The Morgan fingerprint density at radius 3 is 1.94 bits per heavy atom. The van der Waals surface area contributed by atoms with Crippen molar-refractivity contribution in [3.8, 4) is 5.75 Å². The lowest BCUT2D eigenvalue weighted by molar-refractivity contribution is -0.117. The van der Waals surface area contributed by atoms with Gasteiger partial charge in [0.15, 0.2) is 0 Å². The zero-order chi connectivity index (χ0) is 12.1. The molecule has 0 amide bonds. The predicted molar refractivity (Wildman–Crippen MR) is 67.0 cm³/mol. The smallest absolute Gasteiger partial charge is 0.141 e. The topological polar surface area (TPSA) is 37.3 Å². The van der Waals surface area contributed by atoms with Gasteiger partial charge in [-0.05, 0) is 23.3 Å². The molecule has 0 atom stereocenters. The lowest BCUT2D eigenvalue weighted by Gasteiger charge is -2.02. The third-order valence-corrected chi connectivity index (χ3v) is 2.58. The van der Waals surface area contributed by atoms with Gasteiger partial charge in [0.05, 0.1) is 0 Å². The normalized spacial score (nSPS) is 10.1. The van der Waals surface area contributed by atoms with Crippen LogP contribution in [0.4, 0.5) is 0 Å². The fourth-order valence-corrected chi connectivity index (χ4v) is 1.73. The highest BCUT2D eigenvalue weighted by molar-refractivity contribution is 5.83. The van der Waals surface area contributed by atoms with Crippen molar-refractivity contribution in [3.63, 3.8) is 0 Å². The number of ketones is 1. The van der Waals surface area contributed by atoms with Gasteiger partial charge in [0.2, 0.25) is 0 Å². The second-order valence-electron chi connectivity index (χ2n) is 4.04. The van der Waals surface area contributed by atoms with Gasteiger partial charge in [-0.25, -0.2) is 0 Å². The van der Waals surface area contributed by atoms with Crippen LogP contribution < -0.4 is 0 Å². The van der Waals surface area contributed by atoms with Gasteiger partial charge >= 0.3 is 0 Å². The number of aromatic hydroxyl groups is 1. The standard InChI is InChI=1S/C15H14O2/c16-14-8-6-13(7-9-14)11-15(17)10-12-4-2-1-3-5-12/h1-9,16H,10-11H2. The summed E-state index contributed by atoms with van der Waals surface area (Å²) < 4.78 is 0.